The van der Waals surface area contributed by atoms with Gasteiger partial charge in [0.2, 0.25) is 0 Å². The molecule has 0 saturated carbocycles. The van der Waals surface area contributed by atoms with E-state index in [1.165, 1.54) is 0 Å². The normalized spacial score (nSPS) is 14.6. The van der Waals surface area contributed by atoms with Crippen molar-refractivity contribution >= 4 is 5.97 Å². The number of hydrogen-bond acceptors (Lipinski definition) is 3. The Bertz CT molecular complexity index is 194. The third-order valence-corrected chi connectivity index (χ3v) is 2.17. The van der Waals surface area contributed by atoms with Crippen molar-refractivity contribution < 1.29 is 9.53 Å². The lowest BCUT2D eigenvalue weighted by molar-refractivity contribution is -0.160. The minimum absolute atomic E-state index is 0.159. The lowest BCUT2D eigenvalue weighted by Gasteiger charge is -2.29. The summed E-state index contributed by atoms with van der Waals surface area (Å²) in [6.07, 6.45) is 0. The molecule has 3 heteroatoms. The first-order chi connectivity index (χ1) is 6.15. The average Bonchev–Trinajstić information content (AvgIpc) is 1.98. The Morgan fingerprint density at radius 2 is 1.64 bits per heavy atom. The summed E-state index contributed by atoms with van der Waals surface area (Å²) < 4.78 is 5.29. The minimum atomic E-state index is -0.400. The molecule has 0 radical (unpaired) electrons. The number of hydrogen-bond donors (Lipinski definition) is 0. The Balaban J connectivity index is 4.26. The van der Waals surface area contributed by atoms with Crippen LogP contribution >= 0.6 is 0 Å². The molecular weight excluding hydrogens is 178 g/mol. The van der Waals surface area contributed by atoms with Gasteiger partial charge in [-0.3, -0.25) is 9.69 Å². The quantitative estimate of drug-likeness (QED) is 0.655. The van der Waals surface area contributed by atoms with Gasteiger partial charge in [0.15, 0.2) is 0 Å². The highest BCUT2D eigenvalue weighted by Gasteiger charge is 2.25. The highest BCUT2D eigenvalue weighted by Crippen LogP contribution is 2.11. The Labute approximate surface area is 87.4 Å². The fraction of sp³-hybridized carbons (Fsp3) is 0.909. The SMILES string of the molecule is CC(C)N(C)C(C)C(=O)OC(C)(C)C. The maximum absolute atomic E-state index is 11.6. The molecule has 0 spiro atoms. The number of likely N-dealkylation sites (N-methyl/N-ethyl adjacent to an activating group) is 1. The van der Waals surface area contributed by atoms with Crippen LogP contribution in [0.3, 0.4) is 0 Å². The van der Waals surface area contributed by atoms with Crippen molar-refractivity contribution in [3.8, 4) is 0 Å². The summed E-state index contributed by atoms with van der Waals surface area (Å²) >= 11 is 0. The molecule has 0 fully saturated rings. The number of rotatable bonds is 3. The smallest absolute Gasteiger partial charge is 0.323 e. The second-order valence-corrected chi connectivity index (χ2v) is 4.97. The molecule has 0 aromatic carbocycles. The maximum Gasteiger partial charge on any atom is 0.323 e. The van der Waals surface area contributed by atoms with Gasteiger partial charge in [-0.2, -0.15) is 0 Å². The van der Waals surface area contributed by atoms with Crippen molar-refractivity contribution in [2.24, 2.45) is 0 Å². The number of esters is 1. The van der Waals surface area contributed by atoms with Gasteiger partial charge in [-0.05, 0) is 48.6 Å². The molecule has 84 valence electrons. The van der Waals surface area contributed by atoms with Crippen LogP contribution in [0, 0.1) is 0 Å². The van der Waals surface area contributed by atoms with E-state index in [1.54, 1.807) is 0 Å². The predicted octanol–water partition coefficient (Wildman–Crippen LogP) is 2.06. The van der Waals surface area contributed by atoms with Crippen molar-refractivity contribution in [2.75, 3.05) is 7.05 Å². The van der Waals surface area contributed by atoms with Crippen LogP contribution in [0.2, 0.25) is 0 Å². The third kappa shape index (κ3) is 4.61. The Morgan fingerprint density at radius 3 is 1.93 bits per heavy atom. The number of carbonyl (C=O) groups is 1. The zero-order valence-electron chi connectivity index (χ0n) is 10.4. The molecule has 1 atom stereocenters. The number of nitrogens with zero attached hydrogens (tertiary/aromatic N) is 1. The van der Waals surface area contributed by atoms with Crippen LogP contribution in [-0.4, -0.2) is 35.6 Å². The molecule has 14 heavy (non-hydrogen) atoms. The fourth-order valence-electron chi connectivity index (χ4n) is 1.00. The van der Waals surface area contributed by atoms with E-state index in [9.17, 15) is 4.79 Å². The first kappa shape index (κ1) is 13.4. The summed E-state index contributed by atoms with van der Waals surface area (Å²) in [5.41, 5.74) is -0.400. The molecule has 0 aromatic rings. The van der Waals surface area contributed by atoms with Gasteiger partial charge < -0.3 is 4.74 Å². The lowest BCUT2D eigenvalue weighted by atomic mass is 10.2. The molecule has 0 bridgehead atoms. The van der Waals surface area contributed by atoms with Crippen LogP contribution in [0.5, 0.6) is 0 Å². The van der Waals surface area contributed by atoms with E-state index in [0.717, 1.165) is 0 Å². The molecule has 0 rings (SSSR count). The van der Waals surface area contributed by atoms with Crippen molar-refractivity contribution in [3.05, 3.63) is 0 Å². The van der Waals surface area contributed by atoms with E-state index < -0.39 is 5.60 Å². The molecule has 3 nitrogen and oxygen atoms in total. The Hall–Kier alpha value is -0.570. The molecule has 1 unspecified atom stereocenters. The summed E-state index contributed by atoms with van der Waals surface area (Å²) in [7, 11) is 1.93. The van der Waals surface area contributed by atoms with Gasteiger partial charge in [-0.25, -0.2) is 0 Å². The van der Waals surface area contributed by atoms with Crippen molar-refractivity contribution in [2.45, 2.75) is 59.2 Å². The summed E-state index contributed by atoms with van der Waals surface area (Å²) in [6, 6.07) is 0.159. The van der Waals surface area contributed by atoms with Crippen LogP contribution < -0.4 is 0 Å². The molecule has 0 aromatic heterocycles. The molecule has 0 aliphatic carbocycles. The topological polar surface area (TPSA) is 29.5 Å². The maximum atomic E-state index is 11.6. The zero-order valence-corrected chi connectivity index (χ0v) is 10.4. The van der Waals surface area contributed by atoms with Gasteiger partial charge in [-0.15, -0.1) is 0 Å². The lowest BCUT2D eigenvalue weighted by Crippen LogP contribution is -2.43. The van der Waals surface area contributed by atoms with Gasteiger partial charge >= 0.3 is 5.97 Å². The first-order valence-electron chi connectivity index (χ1n) is 5.10. The van der Waals surface area contributed by atoms with Crippen LogP contribution in [0.1, 0.15) is 41.5 Å². The van der Waals surface area contributed by atoms with Gasteiger partial charge in [-0.1, -0.05) is 0 Å². The number of ether oxygens (including phenoxy) is 1. The third-order valence-electron chi connectivity index (χ3n) is 2.17. The molecule has 0 aliphatic rings. The van der Waals surface area contributed by atoms with Crippen molar-refractivity contribution in [1.82, 2.24) is 4.90 Å². The highest BCUT2D eigenvalue weighted by molar-refractivity contribution is 5.75. The highest BCUT2D eigenvalue weighted by atomic mass is 16.6. The Kier molecular flexibility index (Phi) is 4.59. The van der Waals surface area contributed by atoms with Crippen LogP contribution in [0.15, 0.2) is 0 Å². The van der Waals surface area contributed by atoms with Crippen molar-refractivity contribution in [3.63, 3.8) is 0 Å². The molecule has 0 amide bonds. The van der Waals surface area contributed by atoms with Gasteiger partial charge in [0.05, 0.1) is 0 Å². The molecule has 0 saturated heterocycles. The summed E-state index contributed by atoms with van der Waals surface area (Å²) in [6.45, 7) is 11.6. The van der Waals surface area contributed by atoms with Crippen molar-refractivity contribution in [1.29, 1.82) is 0 Å². The standard InChI is InChI=1S/C11H23NO2/c1-8(2)12(7)9(3)10(13)14-11(4,5)6/h8-9H,1-7H3. The molecule has 0 aliphatic heterocycles. The van der Waals surface area contributed by atoms with E-state index in [2.05, 4.69) is 13.8 Å². The van der Waals surface area contributed by atoms with Gasteiger partial charge in [0.1, 0.15) is 11.6 Å². The molecular formula is C11H23NO2. The second-order valence-electron chi connectivity index (χ2n) is 4.97. The largest absolute Gasteiger partial charge is 0.459 e. The summed E-state index contributed by atoms with van der Waals surface area (Å²) in [5.74, 6) is -0.159. The summed E-state index contributed by atoms with van der Waals surface area (Å²) in [5, 5.41) is 0. The van der Waals surface area contributed by atoms with E-state index in [1.807, 2.05) is 39.6 Å². The fourth-order valence-corrected chi connectivity index (χ4v) is 1.00. The average molecular weight is 201 g/mol. The predicted molar refractivity (Wildman–Crippen MR) is 58.2 cm³/mol. The van der Waals surface area contributed by atoms with Gasteiger partial charge in [0.25, 0.3) is 0 Å². The van der Waals surface area contributed by atoms with E-state index in [4.69, 9.17) is 4.74 Å². The summed E-state index contributed by atoms with van der Waals surface area (Å²) in [4.78, 5) is 13.6. The zero-order chi connectivity index (χ0) is 11.5. The second kappa shape index (κ2) is 4.78. The molecule has 0 heterocycles. The first-order valence-corrected chi connectivity index (χ1v) is 5.10. The van der Waals surface area contributed by atoms with E-state index in [0.29, 0.717) is 6.04 Å². The van der Waals surface area contributed by atoms with E-state index in [-0.39, 0.29) is 12.0 Å². The van der Waals surface area contributed by atoms with Crippen LogP contribution in [0.4, 0.5) is 0 Å². The molecule has 0 N–H and O–H groups in total. The monoisotopic (exact) mass is 201 g/mol. The van der Waals surface area contributed by atoms with E-state index >= 15 is 0 Å². The van der Waals surface area contributed by atoms with Crippen LogP contribution in [0.25, 0.3) is 0 Å². The minimum Gasteiger partial charge on any atom is -0.459 e. The number of carbonyl (C=O) groups excluding carboxylic acids is 1. The van der Waals surface area contributed by atoms with Gasteiger partial charge in [0, 0.05) is 6.04 Å². The Morgan fingerprint density at radius 1 is 1.21 bits per heavy atom. The van der Waals surface area contributed by atoms with Crippen LogP contribution in [-0.2, 0) is 9.53 Å².